The van der Waals surface area contributed by atoms with Crippen LogP contribution in [0.25, 0.3) is 0 Å². The summed E-state index contributed by atoms with van der Waals surface area (Å²) in [6.07, 6.45) is 3.94. The molecule has 0 aromatic carbocycles. The number of piperidine rings is 1. The van der Waals surface area contributed by atoms with Crippen LogP contribution in [-0.4, -0.2) is 34.8 Å². The van der Waals surface area contributed by atoms with Crippen molar-refractivity contribution >= 4 is 28.3 Å². The standard InChI is InChI=1S/C18H21N3O3S/c1-11-10-25-18(19-11)20-16(22)12-4-6-21(7-5-12)17(23)14-9-13(14)15-3-2-8-24-15/h2-3,8,10,12-14H,4-7,9H2,1H3,(H,19,20,22)/t13-,14-/m1/s1. The van der Waals surface area contributed by atoms with E-state index in [0.29, 0.717) is 31.1 Å². The van der Waals surface area contributed by atoms with Gasteiger partial charge >= 0.3 is 0 Å². The van der Waals surface area contributed by atoms with Gasteiger partial charge in [-0.05, 0) is 38.3 Å². The summed E-state index contributed by atoms with van der Waals surface area (Å²) in [5, 5.41) is 5.46. The Morgan fingerprint density at radius 2 is 2.16 bits per heavy atom. The molecule has 2 atom stereocenters. The lowest BCUT2D eigenvalue weighted by Gasteiger charge is -2.31. The molecule has 4 rings (SSSR count). The number of hydrogen-bond donors (Lipinski definition) is 1. The van der Waals surface area contributed by atoms with Gasteiger partial charge in [0.1, 0.15) is 5.76 Å². The van der Waals surface area contributed by atoms with Crippen molar-refractivity contribution < 1.29 is 14.0 Å². The fourth-order valence-electron chi connectivity index (χ4n) is 3.50. The number of nitrogens with zero attached hydrogens (tertiary/aromatic N) is 2. The predicted molar refractivity (Wildman–Crippen MR) is 94.3 cm³/mol. The van der Waals surface area contributed by atoms with E-state index in [2.05, 4.69) is 10.3 Å². The van der Waals surface area contributed by atoms with Crippen LogP contribution in [0.1, 0.15) is 36.6 Å². The Morgan fingerprint density at radius 3 is 2.80 bits per heavy atom. The minimum atomic E-state index is -0.0478. The third kappa shape index (κ3) is 3.46. The van der Waals surface area contributed by atoms with E-state index < -0.39 is 0 Å². The number of nitrogens with one attached hydrogen (secondary N) is 1. The van der Waals surface area contributed by atoms with Gasteiger partial charge in [0.2, 0.25) is 11.8 Å². The van der Waals surface area contributed by atoms with Crippen molar-refractivity contribution in [1.82, 2.24) is 9.88 Å². The SMILES string of the molecule is Cc1csc(NC(=O)C2CCN(C(=O)[C@@H]3C[C@H]3c3ccco3)CC2)n1. The van der Waals surface area contributed by atoms with E-state index in [1.165, 1.54) is 11.3 Å². The Hall–Kier alpha value is -2.15. The molecule has 2 aliphatic rings. The fraction of sp³-hybridized carbons (Fsp3) is 0.500. The fourth-order valence-corrected chi connectivity index (χ4v) is 4.19. The first-order chi connectivity index (χ1) is 12.1. The maximum absolute atomic E-state index is 12.6. The first kappa shape index (κ1) is 16.3. The van der Waals surface area contributed by atoms with Crippen molar-refractivity contribution in [2.75, 3.05) is 18.4 Å². The third-order valence-electron chi connectivity index (χ3n) is 5.04. The monoisotopic (exact) mass is 359 g/mol. The summed E-state index contributed by atoms with van der Waals surface area (Å²) >= 11 is 1.44. The zero-order valence-electron chi connectivity index (χ0n) is 14.1. The number of furan rings is 1. The van der Waals surface area contributed by atoms with Gasteiger partial charge in [-0.15, -0.1) is 11.3 Å². The van der Waals surface area contributed by atoms with Crippen LogP contribution in [0.5, 0.6) is 0 Å². The first-order valence-electron chi connectivity index (χ1n) is 8.67. The molecule has 132 valence electrons. The van der Waals surface area contributed by atoms with Gasteiger partial charge in [-0.2, -0.15) is 0 Å². The second-order valence-corrected chi connectivity index (χ2v) is 7.71. The molecule has 2 amide bonds. The van der Waals surface area contributed by atoms with Crippen molar-refractivity contribution in [2.24, 2.45) is 11.8 Å². The van der Waals surface area contributed by atoms with Gasteiger partial charge < -0.3 is 14.6 Å². The quantitative estimate of drug-likeness (QED) is 0.910. The topological polar surface area (TPSA) is 75.4 Å². The zero-order chi connectivity index (χ0) is 17.4. The van der Waals surface area contributed by atoms with Gasteiger partial charge in [0, 0.05) is 36.2 Å². The van der Waals surface area contributed by atoms with Crippen molar-refractivity contribution in [3.8, 4) is 0 Å². The highest BCUT2D eigenvalue weighted by Gasteiger charge is 2.48. The molecule has 6 nitrogen and oxygen atoms in total. The summed E-state index contributed by atoms with van der Waals surface area (Å²) in [6, 6.07) is 3.80. The second-order valence-electron chi connectivity index (χ2n) is 6.85. The molecule has 2 aromatic rings. The van der Waals surface area contributed by atoms with Crippen LogP contribution in [0.2, 0.25) is 0 Å². The molecule has 25 heavy (non-hydrogen) atoms. The molecule has 2 aromatic heterocycles. The molecule has 1 aliphatic heterocycles. The maximum atomic E-state index is 12.6. The first-order valence-corrected chi connectivity index (χ1v) is 9.55. The Morgan fingerprint density at radius 1 is 1.36 bits per heavy atom. The average molecular weight is 359 g/mol. The maximum Gasteiger partial charge on any atom is 0.229 e. The molecule has 0 spiro atoms. The Balaban J connectivity index is 1.27. The molecule has 0 unspecified atom stereocenters. The number of likely N-dealkylation sites (tertiary alicyclic amines) is 1. The summed E-state index contributed by atoms with van der Waals surface area (Å²) < 4.78 is 5.40. The number of hydrogen-bond acceptors (Lipinski definition) is 5. The summed E-state index contributed by atoms with van der Waals surface area (Å²) in [7, 11) is 0. The van der Waals surface area contributed by atoms with Gasteiger partial charge in [0.15, 0.2) is 5.13 Å². The van der Waals surface area contributed by atoms with E-state index in [1.807, 2.05) is 29.3 Å². The lowest BCUT2D eigenvalue weighted by Crippen LogP contribution is -2.42. The lowest BCUT2D eigenvalue weighted by molar-refractivity contribution is -0.135. The third-order valence-corrected chi connectivity index (χ3v) is 5.92. The van der Waals surface area contributed by atoms with Crippen LogP contribution in [0.15, 0.2) is 28.2 Å². The lowest BCUT2D eigenvalue weighted by atomic mass is 9.95. The number of aromatic nitrogens is 1. The molecule has 1 saturated carbocycles. The largest absolute Gasteiger partial charge is 0.469 e. The predicted octanol–water partition coefficient (Wildman–Crippen LogP) is 3.03. The van der Waals surface area contributed by atoms with E-state index >= 15 is 0 Å². The van der Waals surface area contributed by atoms with Crippen molar-refractivity contribution in [3.63, 3.8) is 0 Å². The van der Waals surface area contributed by atoms with E-state index in [1.54, 1.807) is 6.26 Å². The summed E-state index contributed by atoms with van der Waals surface area (Å²) in [4.78, 5) is 31.1. The highest BCUT2D eigenvalue weighted by molar-refractivity contribution is 7.13. The minimum absolute atomic E-state index is 0.0151. The van der Waals surface area contributed by atoms with Gasteiger partial charge in [-0.3, -0.25) is 9.59 Å². The van der Waals surface area contributed by atoms with Crippen LogP contribution in [0.4, 0.5) is 5.13 Å². The molecule has 0 radical (unpaired) electrons. The number of carbonyl (C=O) groups is 2. The van der Waals surface area contributed by atoms with Crippen LogP contribution in [0, 0.1) is 18.8 Å². The summed E-state index contributed by atoms with van der Waals surface area (Å²) in [6.45, 7) is 3.20. The van der Waals surface area contributed by atoms with E-state index in [9.17, 15) is 9.59 Å². The number of rotatable bonds is 4. The number of aryl methyl sites for hydroxylation is 1. The van der Waals surface area contributed by atoms with Gasteiger partial charge in [0.25, 0.3) is 0 Å². The molecule has 0 bridgehead atoms. The molecule has 1 saturated heterocycles. The van der Waals surface area contributed by atoms with E-state index in [-0.39, 0.29) is 29.6 Å². The second kappa shape index (κ2) is 6.63. The average Bonchev–Trinajstić information content (AvgIpc) is 3.02. The molecule has 1 aliphatic carbocycles. The zero-order valence-corrected chi connectivity index (χ0v) is 14.9. The van der Waals surface area contributed by atoms with E-state index in [0.717, 1.165) is 17.9 Å². The smallest absolute Gasteiger partial charge is 0.229 e. The normalized spacial score (nSPS) is 23.5. The number of carbonyl (C=O) groups excluding carboxylic acids is 2. The molecule has 3 heterocycles. The van der Waals surface area contributed by atoms with Crippen LogP contribution >= 0.6 is 11.3 Å². The highest BCUT2D eigenvalue weighted by atomic mass is 32.1. The molecular weight excluding hydrogens is 338 g/mol. The number of anilines is 1. The molecule has 2 fully saturated rings. The van der Waals surface area contributed by atoms with Crippen LogP contribution in [-0.2, 0) is 9.59 Å². The molecule has 7 heteroatoms. The van der Waals surface area contributed by atoms with Crippen molar-refractivity contribution in [3.05, 3.63) is 35.2 Å². The Labute approximate surface area is 150 Å². The van der Waals surface area contributed by atoms with E-state index in [4.69, 9.17) is 4.42 Å². The molecular formula is C18H21N3O3S. The Bertz CT molecular complexity index is 762. The van der Waals surface area contributed by atoms with Crippen molar-refractivity contribution in [2.45, 2.75) is 32.1 Å². The summed E-state index contributed by atoms with van der Waals surface area (Å²) in [5.74, 6) is 1.36. The summed E-state index contributed by atoms with van der Waals surface area (Å²) in [5.41, 5.74) is 0.913. The number of thiazole rings is 1. The molecule has 1 N–H and O–H groups in total. The van der Waals surface area contributed by atoms with Crippen LogP contribution in [0.3, 0.4) is 0 Å². The van der Waals surface area contributed by atoms with Crippen molar-refractivity contribution in [1.29, 1.82) is 0 Å². The van der Waals surface area contributed by atoms with Gasteiger partial charge in [-0.1, -0.05) is 0 Å². The number of amides is 2. The van der Waals surface area contributed by atoms with Crippen LogP contribution < -0.4 is 5.32 Å². The highest BCUT2D eigenvalue weighted by Crippen LogP contribution is 2.48. The Kier molecular flexibility index (Phi) is 4.33. The van der Waals surface area contributed by atoms with Gasteiger partial charge in [-0.25, -0.2) is 4.98 Å². The minimum Gasteiger partial charge on any atom is -0.469 e. The van der Waals surface area contributed by atoms with Gasteiger partial charge in [0.05, 0.1) is 12.0 Å².